The molecular formula is C28H50CaN4O8. The van der Waals surface area contributed by atoms with E-state index < -0.39 is 11.9 Å². The molecule has 0 atom stereocenters. The Bertz CT molecular complexity index is 751. The van der Waals surface area contributed by atoms with Crippen molar-refractivity contribution >= 4 is 61.5 Å². The molecule has 41 heavy (non-hydrogen) atoms. The van der Waals surface area contributed by atoms with Gasteiger partial charge in [-0.3, -0.25) is 24.4 Å². The average molecular weight is 611 g/mol. The minimum Gasteiger partial charge on any atom is -0.862 e. The standard InChI is InChI=1S/2C14H26N2O4.Ca/c2*1-2-3-4-5-6-8-13(18)15-12-16(9-7-10-17)11-14(19)20;/h2*3-4,17H,2,5-12H2,1H3,(H,15,18)(H,19,20);/q;;+2/p-2/b2*4-3+;. The number of aliphatic carboxylic acids is 2. The van der Waals surface area contributed by atoms with E-state index in [1.807, 2.05) is 6.08 Å². The van der Waals surface area contributed by atoms with Gasteiger partial charge in [0.05, 0.1) is 25.9 Å². The summed E-state index contributed by atoms with van der Waals surface area (Å²) in [7, 11) is 0. The predicted octanol–water partition coefficient (Wildman–Crippen LogP) is -0.142. The third-order valence-corrected chi connectivity index (χ3v) is 5.26. The molecule has 0 saturated heterocycles. The van der Waals surface area contributed by atoms with E-state index in [2.05, 4.69) is 42.4 Å². The van der Waals surface area contributed by atoms with E-state index in [-0.39, 0.29) is 89.2 Å². The molecule has 0 fully saturated rings. The number of aliphatic hydroxyl groups excluding tert-OH is 2. The number of hydrogen-bond acceptors (Lipinski definition) is 10. The van der Waals surface area contributed by atoms with Crippen molar-refractivity contribution in [2.75, 3.05) is 52.7 Å². The van der Waals surface area contributed by atoms with Crippen LogP contribution in [0.15, 0.2) is 29.3 Å². The van der Waals surface area contributed by atoms with E-state index in [1.54, 1.807) is 4.90 Å². The first-order chi connectivity index (χ1) is 19.2. The van der Waals surface area contributed by atoms with Crippen LogP contribution in [-0.2, 0) is 14.4 Å². The number of nitrogens with one attached hydrogen (secondary N) is 1. The van der Waals surface area contributed by atoms with Crippen LogP contribution >= 0.6 is 0 Å². The summed E-state index contributed by atoms with van der Waals surface area (Å²) in [6.45, 7) is 4.74. The summed E-state index contributed by atoms with van der Waals surface area (Å²) in [6, 6.07) is 0. The molecule has 13 heteroatoms. The Morgan fingerprint density at radius 1 is 0.805 bits per heavy atom. The Balaban J connectivity index is -0.000000688. The van der Waals surface area contributed by atoms with Gasteiger partial charge in [-0.25, -0.2) is 0 Å². The first kappa shape index (κ1) is 43.9. The second-order valence-corrected chi connectivity index (χ2v) is 9.02. The summed E-state index contributed by atoms with van der Waals surface area (Å²) in [5.41, 5.74) is 0. The number of carbonyl (C=O) groups is 3. The van der Waals surface area contributed by atoms with Crippen LogP contribution in [0, 0.1) is 0 Å². The van der Waals surface area contributed by atoms with Crippen LogP contribution in [0.3, 0.4) is 0 Å². The molecule has 0 heterocycles. The van der Waals surface area contributed by atoms with Gasteiger partial charge in [-0.05, 0) is 63.7 Å². The number of carboxylic acids is 2. The minimum absolute atomic E-state index is 0. The van der Waals surface area contributed by atoms with E-state index in [9.17, 15) is 24.6 Å². The van der Waals surface area contributed by atoms with Crippen molar-refractivity contribution in [3.8, 4) is 0 Å². The maximum absolute atomic E-state index is 11.6. The number of unbranched alkanes of at least 4 members (excludes halogenated alkanes) is 2. The van der Waals surface area contributed by atoms with Gasteiger partial charge in [-0.1, -0.05) is 38.2 Å². The van der Waals surface area contributed by atoms with Gasteiger partial charge in [0.2, 0.25) is 5.91 Å². The fraction of sp³-hybridized carbons (Fsp3) is 0.714. The molecule has 0 unspecified atom stereocenters. The molecule has 0 aromatic heterocycles. The van der Waals surface area contributed by atoms with Crippen LogP contribution in [-0.4, -0.2) is 139 Å². The second kappa shape index (κ2) is 33.0. The SMILES string of the molecule is CC/C=C/CCCC(=O)NCN(CCCO)CC(=O)O.CC/C=C/CCCC([O-])=NCN(CCCO)CC(=O)[O-].[Ca+2]. The van der Waals surface area contributed by atoms with Gasteiger partial charge in [0, 0.05) is 39.3 Å². The maximum Gasteiger partial charge on any atom is 2.00 e. The van der Waals surface area contributed by atoms with Crippen molar-refractivity contribution in [2.45, 2.75) is 78.1 Å². The van der Waals surface area contributed by atoms with Gasteiger partial charge < -0.3 is 35.6 Å². The van der Waals surface area contributed by atoms with Crippen molar-refractivity contribution < 1.29 is 39.9 Å². The van der Waals surface area contributed by atoms with E-state index in [1.165, 1.54) is 4.90 Å². The van der Waals surface area contributed by atoms with Crippen LogP contribution in [0.1, 0.15) is 78.1 Å². The summed E-state index contributed by atoms with van der Waals surface area (Å²) in [4.78, 5) is 39.7. The van der Waals surface area contributed by atoms with E-state index >= 15 is 0 Å². The summed E-state index contributed by atoms with van der Waals surface area (Å²) in [6.07, 6.45) is 15.2. The van der Waals surface area contributed by atoms with E-state index in [0.717, 1.165) is 38.5 Å². The summed E-state index contributed by atoms with van der Waals surface area (Å²) < 4.78 is 0. The van der Waals surface area contributed by atoms with Crippen LogP contribution in [0.25, 0.3) is 0 Å². The largest absolute Gasteiger partial charge is 2.00 e. The fourth-order valence-electron chi connectivity index (χ4n) is 3.24. The molecule has 4 N–H and O–H groups in total. The molecule has 0 aromatic rings. The summed E-state index contributed by atoms with van der Waals surface area (Å²) in [5, 5.41) is 51.0. The number of allylic oxidation sites excluding steroid dienone is 4. The van der Waals surface area contributed by atoms with Crippen molar-refractivity contribution in [1.82, 2.24) is 15.1 Å². The Morgan fingerprint density at radius 3 is 1.83 bits per heavy atom. The Labute approximate surface area is 275 Å². The average Bonchev–Trinajstić information content (AvgIpc) is 2.91. The van der Waals surface area contributed by atoms with Gasteiger partial charge in [-0.15, -0.1) is 0 Å². The number of rotatable bonds is 24. The third kappa shape index (κ3) is 34.6. The molecule has 0 rings (SSSR count). The van der Waals surface area contributed by atoms with Crippen LogP contribution < -0.4 is 15.5 Å². The van der Waals surface area contributed by atoms with Gasteiger partial charge >= 0.3 is 43.7 Å². The fourth-order valence-corrected chi connectivity index (χ4v) is 3.24. The predicted molar refractivity (Wildman–Crippen MR) is 157 cm³/mol. The number of nitrogens with zero attached hydrogens (tertiary/aromatic N) is 3. The number of aliphatic hydroxyl groups is 2. The number of aliphatic imine (C=N–C) groups is 1. The molecule has 232 valence electrons. The first-order valence-corrected chi connectivity index (χ1v) is 14.0. The zero-order valence-corrected chi connectivity index (χ0v) is 27.2. The van der Waals surface area contributed by atoms with Crippen molar-refractivity contribution in [2.24, 2.45) is 4.99 Å². The molecule has 0 aromatic carbocycles. The molecular weight excluding hydrogens is 560 g/mol. The summed E-state index contributed by atoms with van der Waals surface area (Å²) in [5.74, 6) is -2.45. The Kier molecular flexibility index (Phi) is 35.3. The van der Waals surface area contributed by atoms with Gasteiger partial charge in [0.15, 0.2) is 0 Å². The molecule has 1 amide bonds. The molecule has 0 bridgehead atoms. The quantitative estimate of drug-likeness (QED) is 0.0286. The monoisotopic (exact) mass is 610 g/mol. The Morgan fingerprint density at radius 2 is 1.34 bits per heavy atom. The topological polar surface area (TPSA) is 189 Å². The molecule has 0 saturated carbocycles. The molecule has 0 aliphatic heterocycles. The molecule has 12 nitrogen and oxygen atoms in total. The van der Waals surface area contributed by atoms with Crippen LogP contribution in [0.4, 0.5) is 0 Å². The molecule has 0 spiro atoms. The minimum atomic E-state index is -1.21. The molecule has 0 aliphatic rings. The third-order valence-electron chi connectivity index (χ3n) is 5.26. The van der Waals surface area contributed by atoms with Crippen molar-refractivity contribution in [3.05, 3.63) is 24.3 Å². The number of carbonyl (C=O) groups excluding carboxylic acids is 2. The molecule has 0 radical (unpaired) electrons. The van der Waals surface area contributed by atoms with Crippen molar-refractivity contribution in [3.63, 3.8) is 0 Å². The maximum atomic E-state index is 11.6. The van der Waals surface area contributed by atoms with Crippen LogP contribution in [0.2, 0.25) is 0 Å². The van der Waals surface area contributed by atoms with Crippen molar-refractivity contribution in [1.29, 1.82) is 0 Å². The Hall–Kier alpha value is -1.54. The van der Waals surface area contributed by atoms with Crippen LogP contribution in [0.5, 0.6) is 0 Å². The van der Waals surface area contributed by atoms with Gasteiger partial charge in [0.1, 0.15) is 0 Å². The molecule has 0 aliphatic carbocycles. The summed E-state index contributed by atoms with van der Waals surface area (Å²) >= 11 is 0. The van der Waals surface area contributed by atoms with E-state index in [0.29, 0.717) is 38.8 Å². The second-order valence-electron chi connectivity index (χ2n) is 9.02. The zero-order valence-electron chi connectivity index (χ0n) is 25.0. The van der Waals surface area contributed by atoms with E-state index in [4.69, 9.17) is 15.3 Å². The van der Waals surface area contributed by atoms with Gasteiger partial charge in [-0.2, -0.15) is 0 Å². The first-order valence-electron chi connectivity index (χ1n) is 14.0. The normalized spacial score (nSPS) is 11.5. The zero-order chi connectivity index (χ0) is 30.4. The number of amides is 1. The number of hydrogen-bond donors (Lipinski definition) is 4. The number of carboxylic acid groups (broad SMARTS) is 2. The van der Waals surface area contributed by atoms with Gasteiger partial charge in [0.25, 0.3) is 0 Å². The smallest absolute Gasteiger partial charge is 0.862 e.